The van der Waals surface area contributed by atoms with Crippen LogP contribution in [0.15, 0.2) is 24.3 Å². The number of morpholine rings is 1. The van der Waals surface area contributed by atoms with Crippen LogP contribution in [0.1, 0.15) is 42.6 Å². The van der Waals surface area contributed by atoms with Gasteiger partial charge in [0, 0.05) is 37.8 Å². The van der Waals surface area contributed by atoms with Crippen LogP contribution in [0.5, 0.6) is 0 Å². The number of aryl methyl sites for hydroxylation is 1. The number of likely N-dealkylation sites (tertiary alicyclic amines) is 1. The van der Waals surface area contributed by atoms with E-state index in [1.807, 2.05) is 31.2 Å². The van der Waals surface area contributed by atoms with Crippen molar-refractivity contribution in [3.8, 4) is 0 Å². The number of carbonyl (C=O) groups is 1. The first kappa shape index (κ1) is 16.5. The Morgan fingerprint density at radius 3 is 2.48 bits per heavy atom. The fourth-order valence-electron chi connectivity index (χ4n) is 3.89. The standard InChI is InChI=1S/C19H28N2O2/c1-14-6-8-17(9-7-14)19(22)21-10-4-5-18(21)13-20-11-15(2)23-16(3)12-20/h6-9,15-16,18H,4-5,10-13H2,1-3H3/t15-,16-,18+/m0/s1. The highest BCUT2D eigenvalue weighted by molar-refractivity contribution is 5.94. The number of rotatable bonds is 3. The van der Waals surface area contributed by atoms with Crippen LogP contribution >= 0.6 is 0 Å². The van der Waals surface area contributed by atoms with Crippen LogP contribution in [0.3, 0.4) is 0 Å². The number of ether oxygens (including phenoxy) is 1. The van der Waals surface area contributed by atoms with E-state index in [0.29, 0.717) is 6.04 Å². The average molecular weight is 316 g/mol. The number of hydrogen-bond donors (Lipinski definition) is 0. The molecule has 0 radical (unpaired) electrons. The molecule has 1 aromatic carbocycles. The molecule has 3 rings (SSSR count). The number of amides is 1. The summed E-state index contributed by atoms with van der Waals surface area (Å²) in [4.78, 5) is 17.4. The molecule has 1 amide bonds. The Bertz CT molecular complexity index is 533. The van der Waals surface area contributed by atoms with Crippen LogP contribution in [-0.2, 0) is 4.74 Å². The second-order valence-corrected chi connectivity index (χ2v) is 7.14. The molecule has 0 saturated carbocycles. The summed E-state index contributed by atoms with van der Waals surface area (Å²) in [5.74, 6) is 0.182. The quantitative estimate of drug-likeness (QED) is 0.859. The van der Waals surface area contributed by atoms with Gasteiger partial charge >= 0.3 is 0 Å². The van der Waals surface area contributed by atoms with Gasteiger partial charge in [-0.25, -0.2) is 0 Å². The molecule has 0 N–H and O–H groups in total. The molecule has 4 heteroatoms. The third-order valence-corrected chi connectivity index (χ3v) is 4.90. The van der Waals surface area contributed by atoms with Crippen molar-refractivity contribution >= 4 is 5.91 Å². The van der Waals surface area contributed by atoms with Gasteiger partial charge in [0.1, 0.15) is 0 Å². The molecule has 2 heterocycles. The maximum absolute atomic E-state index is 12.8. The summed E-state index contributed by atoms with van der Waals surface area (Å²) in [6, 6.07) is 8.27. The minimum Gasteiger partial charge on any atom is -0.373 e. The van der Waals surface area contributed by atoms with Crippen LogP contribution in [-0.4, -0.2) is 60.1 Å². The molecule has 3 atom stereocenters. The van der Waals surface area contributed by atoms with Gasteiger partial charge < -0.3 is 9.64 Å². The second kappa shape index (κ2) is 7.02. The van der Waals surface area contributed by atoms with E-state index < -0.39 is 0 Å². The highest BCUT2D eigenvalue weighted by atomic mass is 16.5. The summed E-state index contributed by atoms with van der Waals surface area (Å²) >= 11 is 0. The Morgan fingerprint density at radius 2 is 1.83 bits per heavy atom. The molecule has 2 aliphatic heterocycles. The first-order valence-corrected chi connectivity index (χ1v) is 8.78. The third-order valence-electron chi connectivity index (χ3n) is 4.90. The largest absolute Gasteiger partial charge is 0.373 e. The van der Waals surface area contributed by atoms with Crippen LogP contribution in [0.25, 0.3) is 0 Å². The van der Waals surface area contributed by atoms with Crippen molar-refractivity contribution in [2.24, 2.45) is 0 Å². The first-order chi connectivity index (χ1) is 11.0. The third kappa shape index (κ3) is 3.93. The van der Waals surface area contributed by atoms with Gasteiger partial charge in [-0.15, -0.1) is 0 Å². The van der Waals surface area contributed by atoms with Crippen molar-refractivity contribution in [3.05, 3.63) is 35.4 Å². The van der Waals surface area contributed by atoms with Crippen molar-refractivity contribution in [1.29, 1.82) is 0 Å². The lowest BCUT2D eigenvalue weighted by atomic mass is 10.1. The summed E-state index contributed by atoms with van der Waals surface area (Å²) in [5.41, 5.74) is 2.00. The Balaban J connectivity index is 1.65. The maximum atomic E-state index is 12.8. The van der Waals surface area contributed by atoms with Crippen LogP contribution in [0.4, 0.5) is 0 Å². The fraction of sp³-hybridized carbons (Fsp3) is 0.632. The summed E-state index contributed by atoms with van der Waals surface area (Å²) in [6.07, 6.45) is 2.78. The molecule has 1 aromatic rings. The lowest BCUT2D eigenvalue weighted by molar-refractivity contribution is -0.0715. The van der Waals surface area contributed by atoms with E-state index in [0.717, 1.165) is 44.6 Å². The molecule has 0 spiro atoms. The van der Waals surface area contributed by atoms with Crippen molar-refractivity contribution in [2.45, 2.75) is 51.9 Å². The van der Waals surface area contributed by atoms with E-state index in [2.05, 4.69) is 23.6 Å². The molecule has 126 valence electrons. The summed E-state index contributed by atoms with van der Waals surface area (Å²) in [6.45, 7) is 10.1. The average Bonchev–Trinajstić information content (AvgIpc) is 2.94. The fourth-order valence-corrected chi connectivity index (χ4v) is 3.89. The van der Waals surface area contributed by atoms with E-state index in [9.17, 15) is 4.79 Å². The Labute approximate surface area is 139 Å². The van der Waals surface area contributed by atoms with Crippen molar-refractivity contribution in [3.63, 3.8) is 0 Å². The Morgan fingerprint density at radius 1 is 1.17 bits per heavy atom. The highest BCUT2D eigenvalue weighted by Gasteiger charge is 2.32. The van der Waals surface area contributed by atoms with Gasteiger partial charge in [-0.3, -0.25) is 9.69 Å². The second-order valence-electron chi connectivity index (χ2n) is 7.14. The monoisotopic (exact) mass is 316 g/mol. The van der Waals surface area contributed by atoms with Crippen LogP contribution in [0, 0.1) is 6.92 Å². The topological polar surface area (TPSA) is 32.8 Å². The molecular formula is C19H28N2O2. The predicted molar refractivity (Wildman–Crippen MR) is 91.7 cm³/mol. The number of carbonyl (C=O) groups excluding carboxylic acids is 1. The van der Waals surface area contributed by atoms with Crippen LogP contribution < -0.4 is 0 Å². The first-order valence-electron chi connectivity index (χ1n) is 8.78. The van der Waals surface area contributed by atoms with Gasteiger partial charge in [-0.05, 0) is 45.7 Å². The van der Waals surface area contributed by atoms with Gasteiger partial charge in [0.2, 0.25) is 0 Å². The molecule has 0 bridgehead atoms. The molecule has 2 saturated heterocycles. The summed E-state index contributed by atoms with van der Waals surface area (Å²) < 4.78 is 5.81. The minimum absolute atomic E-state index is 0.182. The van der Waals surface area contributed by atoms with E-state index in [-0.39, 0.29) is 18.1 Å². The zero-order valence-corrected chi connectivity index (χ0v) is 14.5. The minimum atomic E-state index is 0.182. The predicted octanol–water partition coefficient (Wildman–Crippen LogP) is 2.71. The van der Waals surface area contributed by atoms with Crippen molar-refractivity contribution < 1.29 is 9.53 Å². The molecule has 2 fully saturated rings. The molecule has 4 nitrogen and oxygen atoms in total. The highest BCUT2D eigenvalue weighted by Crippen LogP contribution is 2.23. The van der Waals surface area contributed by atoms with E-state index in [1.54, 1.807) is 0 Å². The van der Waals surface area contributed by atoms with E-state index >= 15 is 0 Å². The lowest BCUT2D eigenvalue weighted by Crippen LogP contribution is -2.50. The van der Waals surface area contributed by atoms with Gasteiger partial charge in [-0.2, -0.15) is 0 Å². The van der Waals surface area contributed by atoms with Gasteiger partial charge in [0.25, 0.3) is 5.91 Å². The maximum Gasteiger partial charge on any atom is 0.254 e. The molecule has 0 aromatic heterocycles. The van der Waals surface area contributed by atoms with Gasteiger partial charge in [0.15, 0.2) is 0 Å². The Kier molecular flexibility index (Phi) is 5.02. The zero-order valence-electron chi connectivity index (χ0n) is 14.5. The Hall–Kier alpha value is -1.39. The molecule has 23 heavy (non-hydrogen) atoms. The zero-order chi connectivity index (χ0) is 16.4. The SMILES string of the molecule is Cc1ccc(C(=O)N2CCC[C@@H]2CN2C[C@H](C)O[C@@H](C)C2)cc1. The molecule has 2 aliphatic rings. The molecular weight excluding hydrogens is 288 g/mol. The van der Waals surface area contributed by atoms with Crippen molar-refractivity contribution in [1.82, 2.24) is 9.80 Å². The summed E-state index contributed by atoms with van der Waals surface area (Å²) in [5, 5.41) is 0. The van der Waals surface area contributed by atoms with E-state index in [4.69, 9.17) is 4.74 Å². The van der Waals surface area contributed by atoms with Crippen LogP contribution in [0.2, 0.25) is 0 Å². The lowest BCUT2D eigenvalue weighted by Gasteiger charge is -2.38. The van der Waals surface area contributed by atoms with Gasteiger partial charge in [-0.1, -0.05) is 17.7 Å². The summed E-state index contributed by atoms with van der Waals surface area (Å²) in [7, 11) is 0. The number of hydrogen-bond acceptors (Lipinski definition) is 3. The normalized spacial score (nSPS) is 29.0. The van der Waals surface area contributed by atoms with Gasteiger partial charge in [0.05, 0.1) is 12.2 Å². The molecule has 0 unspecified atom stereocenters. The smallest absolute Gasteiger partial charge is 0.254 e. The van der Waals surface area contributed by atoms with E-state index in [1.165, 1.54) is 5.56 Å². The van der Waals surface area contributed by atoms with Crippen molar-refractivity contribution in [2.75, 3.05) is 26.2 Å². The molecule has 0 aliphatic carbocycles. The number of nitrogens with zero attached hydrogens (tertiary/aromatic N) is 2. The number of benzene rings is 1.